The van der Waals surface area contributed by atoms with Crippen molar-refractivity contribution >= 4 is 11.6 Å². The predicted octanol–water partition coefficient (Wildman–Crippen LogP) is 1.85. The minimum Gasteiger partial charge on any atom is -0.313 e. The van der Waals surface area contributed by atoms with Crippen molar-refractivity contribution in [2.45, 2.75) is 18.8 Å². The van der Waals surface area contributed by atoms with Crippen LogP contribution in [0.3, 0.4) is 0 Å². The predicted molar refractivity (Wildman–Crippen MR) is 72.9 cm³/mol. The molecule has 0 bridgehead atoms. The Morgan fingerprint density at radius 1 is 1.00 bits per heavy atom. The quantitative estimate of drug-likeness (QED) is 0.615. The Balaban J connectivity index is 1.95. The van der Waals surface area contributed by atoms with Gasteiger partial charge in [-0.15, -0.1) is 0 Å². The Hall–Kier alpha value is -1.74. The van der Waals surface area contributed by atoms with Crippen molar-refractivity contribution in [3.63, 3.8) is 0 Å². The number of carbonyl (C=O) groups excluding carboxylic acids is 2. The molecule has 1 aliphatic carbocycles. The van der Waals surface area contributed by atoms with E-state index in [0.717, 1.165) is 18.7 Å². The van der Waals surface area contributed by atoms with Gasteiger partial charge in [0.25, 0.3) is 0 Å². The molecule has 0 radical (unpaired) electrons. The minimum absolute atomic E-state index is 0.183. The molecule has 98 valence electrons. The van der Waals surface area contributed by atoms with Crippen LogP contribution in [-0.4, -0.2) is 24.7 Å². The largest absolute Gasteiger partial charge is 0.313 e. The third-order valence-electron chi connectivity index (χ3n) is 4.14. The molecular formula is C16H17NO2. The number of fused-ring (bicyclic) bond motifs is 1. The first-order valence-electron chi connectivity index (χ1n) is 6.76. The SMILES string of the molecule is O=C1CC2=CCNCC(c3ccccc3)C2CC1=O. The molecule has 3 nitrogen and oxygen atoms in total. The monoisotopic (exact) mass is 255 g/mol. The van der Waals surface area contributed by atoms with Gasteiger partial charge in [0.1, 0.15) is 0 Å². The summed E-state index contributed by atoms with van der Waals surface area (Å²) in [5.74, 6) is 0.0378. The van der Waals surface area contributed by atoms with Crippen LogP contribution in [0.15, 0.2) is 42.0 Å². The van der Waals surface area contributed by atoms with E-state index in [1.165, 1.54) is 5.56 Å². The highest BCUT2D eigenvalue weighted by molar-refractivity contribution is 6.38. The lowest BCUT2D eigenvalue weighted by atomic mass is 9.73. The highest BCUT2D eigenvalue weighted by Crippen LogP contribution is 2.38. The van der Waals surface area contributed by atoms with Gasteiger partial charge in [-0.2, -0.15) is 0 Å². The molecule has 1 aliphatic heterocycles. The van der Waals surface area contributed by atoms with Crippen LogP contribution < -0.4 is 5.32 Å². The molecule has 1 aromatic rings. The molecule has 3 rings (SSSR count). The Labute approximate surface area is 112 Å². The number of hydrogen-bond donors (Lipinski definition) is 1. The second kappa shape index (κ2) is 5.10. The molecule has 1 heterocycles. The van der Waals surface area contributed by atoms with Crippen LogP contribution in [0.4, 0.5) is 0 Å². The summed E-state index contributed by atoms with van der Waals surface area (Å²) in [6.45, 7) is 1.65. The van der Waals surface area contributed by atoms with Crippen molar-refractivity contribution < 1.29 is 9.59 Å². The van der Waals surface area contributed by atoms with Crippen LogP contribution in [0.25, 0.3) is 0 Å². The van der Waals surface area contributed by atoms with E-state index in [9.17, 15) is 9.59 Å². The van der Waals surface area contributed by atoms with E-state index in [-0.39, 0.29) is 23.4 Å². The lowest BCUT2D eigenvalue weighted by Gasteiger charge is -2.30. The molecule has 2 unspecified atom stereocenters. The molecule has 0 aromatic heterocycles. The van der Waals surface area contributed by atoms with E-state index in [1.807, 2.05) is 18.2 Å². The van der Waals surface area contributed by atoms with E-state index in [2.05, 4.69) is 23.5 Å². The average molecular weight is 255 g/mol. The standard InChI is InChI=1S/C16H17NO2/c18-15-8-12-6-7-17-10-14(13(12)9-16(15)19)11-4-2-1-3-5-11/h1-6,13-14,17H,7-10H2. The van der Waals surface area contributed by atoms with Gasteiger partial charge in [0.2, 0.25) is 5.78 Å². The van der Waals surface area contributed by atoms with Gasteiger partial charge in [-0.3, -0.25) is 9.59 Å². The van der Waals surface area contributed by atoms with Gasteiger partial charge in [-0.1, -0.05) is 42.0 Å². The molecule has 0 amide bonds. The van der Waals surface area contributed by atoms with Crippen molar-refractivity contribution in [2.75, 3.05) is 13.1 Å². The van der Waals surface area contributed by atoms with Gasteiger partial charge in [0.15, 0.2) is 5.78 Å². The zero-order valence-corrected chi connectivity index (χ0v) is 10.8. The van der Waals surface area contributed by atoms with Crippen molar-refractivity contribution in [1.82, 2.24) is 5.32 Å². The normalized spacial score (nSPS) is 27.5. The molecule has 0 saturated heterocycles. The number of Topliss-reactive ketones (excluding diaryl/α,β-unsaturated/α-hetero) is 2. The Bertz CT molecular complexity index is 533. The van der Waals surface area contributed by atoms with Crippen LogP contribution in [0, 0.1) is 5.92 Å². The summed E-state index contributed by atoms with van der Waals surface area (Å²) in [7, 11) is 0. The topological polar surface area (TPSA) is 46.2 Å². The summed E-state index contributed by atoms with van der Waals surface area (Å²) in [5.41, 5.74) is 2.39. The fourth-order valence-corrected chi connectivity index (χ4v) is 3.12. The third-order valence-corrected chi connectivity index (χ3v) is 4.14. The lowest BCUT2D eigenvalue weighted by molar-refractivity contribution is -0.137. The highest BCUT2D eigenvalue weighted by Gasteiger charge is 2.36. The van der Waals surface area contributed by atoms with Gasteiger partial charge >= 0.3 is 0 Å². The van der Waals surface area contributed by atoms with Crippen molar-refractivity contribution in [3.05, 3.63) is 47.5 Å². The van der Waals surface area contributed by atoms with E-state index < -0.39 is 0 Å². The van der Waals surface area contributed by atoms with E-state index in [1.54, 1.807) is 0 Å². The number of rotatable bonds is 1. The van der Waals surface area contributed by atoms with Gasteiger partial charge in [0.05, 0.1) is 0 Å². The fourth-order valence-electron chi connectivity index (χ4n) is 3.12. The van der Waals surface area contributed by atoms with Gasteiger partial charge in [0, 0.05) is 31.8 Å². The first-order chi connectivity index (χ1) is 9.25. The zero-order valence-electron chi connectivity index (χ0n) is 10.8. The first kappa shape index (κ1) is 12.3. The maximum atomic E-state index is 11.7. The summed E-state index contributed by atoms with van der Waals surface area (Å²) in [4.78, 5) is 23.3. The van der Waals surface area contributed by atoms with Gasteiger partial charge in [-0.05, 0) is 11.5 Å². The van der Waals surface area contributed by atoms with Gasteiger partial charge in [-0.25, -0.2) is 0 Å². The summed E-state index contributed by atoms with van der Waals surface area (Å²) in [6.07, 6.45) is 2.78. The number of allylic oxidation sites excluding steroid dienone is 1. The fraction of sp³-hybridized carbons (Fsp3) is 0.375. The molecule has 2 aliphatic rings. The molecule has 19 heavy (non-hydrogen) atoms. The molecular weight excluding hydrogens is 238 g/mol. The second-order valence-electron chi connectivity index (χ2n) is 5.29. The van der Waals surface area contributed by atoms with E-state index in [0.29, 0.717) is 12.8 Å². The second-order valence-corrected chi connectivity index (χ2v) is 5.29. The Kier molecular flexibility index (Phi) is 3.30. The van der Waals surface area contributed by atoms with Crippen molar-refractivity contribution in [1.29, 1.82) is 0 Å². The Morgan fingerprint density at radius 3 is 2.58 bits per heavy atom. The molecule has 3 heteroatoms. The van der Waals surface area contributed by atoms with Crippen LogP contribution in [0.5, 0.6) is 0 Å². The number of carbonyl (C=O) groups is 2. The summed E-state index contributed by atoms with van der Waals surface area (Å²) in [6, 6.07) is 10.3. The molecule has 1 N–H and O–H groups in total. The van der Waals surface area contributed by atoms with E-state index in [4.69, 9.17) is 0 Å². The average Bonchev–Trinajstić information content (AvgIpc) is 2.63. The summed E-state index contributed by atoms with van der Waals surface area (Å²) < 4.78 is 0. The van der Waals surface area contributed by atoms with Crippen LogP contribution >= 0.6 is 0 Å². The number of benzene rings is 1. The molecule has 1 fully saturated rings. The summed E-state index contributed by atoms with van der Waals surface area (Å²) >= 11 is 0. The third kappa shape index (κ3) is 2.38. The maximum Gasteiger partial charge on any atom is 0.202 e. The number of hydrogen-bond acceptors (Lipinski definition) is 3. The van der Waals surface area contributed by atoms with Crippen molar-refractivity contribution in [3.8, 4) is 0 Å². The Morgan fingerprint density at radius 2 is 1.79 bits per heavy atom. The maximum absolute atomic E-state index is 11.7. The smallest absolute Gasteiger partial charge is 0.202 e. The minimum atomic E-state index is -0.226. The van der Waals surface area contributed by atoms with Crippen LogP contribution in [-0.2, 0) is 9.59 Å². The summed E-state index contributed by atoms with van der Waals surface area (Å²) in [5, 5.41) is 3.38. The van der Waals surface area contributed by atoms with Gasteiger partial charge < -0.3 is 5.32 Å². The van der Waals surface area contributed by atoms with Crippen LogP contribution in [0.2, 0.25) is 0 Å². The zero-order chi connectivity index (χ0) is 13.2. The van der Waals surface area contributed by atoms with Crippen molar-refractivity contribution in [2.24, 2.45) is 5.92 Å². The molecule has 1 aromatic carbocycles. The first-order valence-corrected chi connectivity index (χ1v) is 6.76. The lowest BCUT2D eigenvalue weighted by Crippen LogP contribution is -2.32. The number of ketones is 2. The van der Waals surface area contributed by atoms with E-state index >= 15 is 0 Å². The van der Waals surface area contributed by atoms with Crippen LogP contribution in [0.1, 0.15) is 24.3 Å². The molecule has 0 spiro atoms. The number of nitrogens with one attached hydrogen (secondary N) is 1. The molecule has 2 atom stereocenters. The highest BCUT2D eigenvalue weighted by atomic mass is 16.2. The molecule has 1 saturated carbocycles.